The Labute approximate surface area is 112 Å². The van der Waals surface area contributed by atoms with Crippen molar-refractivity contribution >= 4 is 11.3 Å². The van der Waals surface area contributed by atoms with Gasteiger partial charge < -0.3 is 10.4 Å². The van der Waals surface area contributed by atoms with Crippen LogP contribution >= 0.6 is 11.3 Å². The lowest BCUT2D eigenvalue weighted by molar-refractivity contribution is 0.456. The zero-order valence-electron chi connectivity index (χ0n) is 10.8. The maximum Gasteiger partial charge on any atom is 0.115 e. The van der Waals surface area contributed by atoms with E-state index in [-0.39, 0.29) is 0 Å². The fraction of sp³-hybridized carbons (Fsp3) is 0.333. The highest BCUT2D eigenvalue weighted by Gasteiger charge is 2.14. The summed E-state index contributed by atoms with van der Waals surface area (Å²) in [5, 5.41) is 15.1. The number of hydrogen-bond donors (Lipinski definition) is 2. The molecule has 0 saturated heterocycles. The summed E-state index contributed by atoms with van der Waals surface area (Å²) in [6, 6.07) is 12.4. The van der Waals surface area contributed by atoms with Crippen molar-refractivity contribution in [2.45, 2.75) is 32.4 Å². The average Bonchev–Trinajstić information content (AvgIpc) is 2.91. The first-order valence-electron chi connectivity index (χ1n) is 6.29. The number of nitrogens with one attached hydrogen (secondary N) is 1. The predicted molar refractivity (Wildman–Crippen MR) is 77.0 cm³/mol. The molecule has 0 bridgehead atoms. The Kier molecular flexibility index (Phi) is 4.39. The molecule has 0 amide bonds. The monoisotopic (exact) mass is 261 g/mol. The SMILES string of the molecule is CCC(N[C@H](C)c1cccs1)c1ccc(O)cc1. The normalized spacial score (nSPS) is 14.3. The van der Waals surface area contributed by atoms with Crippen molar-refractivity contribution < 1.29 is 5.11 Å². The van der Waals surface area contributed by atoms with Crippen LogP contribution in [0.5, 0.6) is 5.75 Å². The first kappa shape index (κ1) is 13.1. The summed E-state index contributed by atoms with van der Waals surface area (Å²) >= 11 is 1.78. The van der Waals surface area contributed by atoms with Gasteiger partial charge in [-0.05, 0) is 42.5 Å². The number of phenols is 1. The number of benzene rings is 1. The van der Waals surface area contributed by atoms with Gasteiger partial charge in [0.05, 0.1) is 0 Å². The van der Waals surface area contributed by atoms with Crippen molar-refractivity contribution in [2.24, 2.45) is 0 Å². The van der Waals surface area contributed by atoms with Crippen LogP contribution in [0.15, 0.2) is 41.8 Å². The third kappa shape index (κ3) is 3.12. The molecular weight excluding hydrogens is 242 g/mol. The molecule has 96 valence electrons. The van der Waals surface area contributed by atoms with Crippen LogP contribution in [0.4, 0.5) is 0 Å². The first-order chi connectivity index (χ1) is 8.70. The molecule has 2 nitrogen and oxygen atoms in total. The van der Waals surface area contributed by atoms with Crippen molar-refractivity contribution in [3.63, 3.8) is 0 Å². The number of hydrogen-bond acceptors (Lipinski definition) is 3. The average molecular weight is 261 g/mol. The Morgan fingerprint density at radius 3 is 2.50 bits per heavy atom. The minimum Gasteiger partial charge on any atom is -0.508 e. The second-order valence-electron chi connectivity index (χ2n) is 4.46. The van der Waals surface area contributed by atoms with Gasteiger partial charge in [-0.3, -0.25) is 0 Å². The third-order valence-electron chi connectivity index (χ3n) is 3.12. The summed E-state index contributed by atoms with van der Waals surface area (Å²) in [5.74, 6) is 0.319. The van der Waals surface area contributed by atoms with E-state index in [1.807, 2.05) is 12.1 Å². The molecule has 0 aliphatic heterocycles. The molecule has 3 heteroatoms. The Morgan fingerprint density at radius 2 is 1.94 bits per heavy atom. The van der Waals surface area contributed by atoms with E-state index < -0.39 is 0 Å². The maximum atomic E-state index is 9.32. The van der Waals surface area contributed by atoms with Gasteiger partial charge in [-0.15, -0.1) is 11.3 Å². The molecule has 2 atom stereocenters. The van der Waals surface area contributed by atoms with Crippen LogP contribution in [0.2, 0.25) is 0 Å². The topological polar surface area (TPSA) is 32.3 Å². The summed E-state index contributed by atoms with van der Waals surface area (Å²) in [6.07, 6.45) is 1.03. The number of rotatable bonds is 5. The van der Waals surface area contributed by atoms with Gasteiger partial charge in [0.25, 0.3) is 0 Å². The number of thiophene rings is 1. The van der Waals surface area contributed by atoms with Gasteiger partial charge in [0.15, 0.2) is 0 Å². The Morgan fingerprint density at radius 1 is 1.22 bits per heavy atom. The van der Waals surface area contributed by atoms with Crippen LogP contribution in [-0.2, 0) is 0 Å². The van der Waals surface area contributed by atoms with E-state index in [1.165, 1.54) is 10.4 Å². The molecule has 2 N–H and O–H groups in total. The van der Waals surface area contributed by atoms with Crippen molar-refractivity contribution in [3.05, 3.63) is 52.2 Å². The molecule has 2 rings (SSSR count). The summed E-state index contributed by atoms with van der Waals surface area (Å²) in [7, 11) is 0. The second kappa shape index (κ2) is 6.03. The molecule has 1 aromatic carbocycles. The van der Waals surface area contributed by atoms with E-state index in [4.69, 9.17) is 0 Å². The highest BCUT2D eigenvalue weighted by atomic mass is 32.1. The zero-order chi connectivity index (χ0) is 13.0. The highest BCUT2D eigenvalue weighted by molar-refractivity contribution is 7.10. The van der Waals surface area contributed by atoms with E-state index in [0.29, 0.717) is 17.8 Å². The molecule has 0 spiro atoms. The lowest BCUT2D eigenvalue weighted by atomic mass is 10.0. The molecule has 1 aromatic heterocycles. The summed E-state index contributed by atoms with van der Waals surface area (Å²) in [6.45, 7) is 4.36. The van der Waals surface area contributed by atoms with Crippen LogP contribution in [0.1, 0.15) is 42.8 Å². The molecule has 2 aromatic rings. The van der Waals surface area contributed by atoms with E-state index >= 15 is 0 Å². The van der Waals surface area contributed by atoms with Crippen LogP contribution in [0.3, 0.4) is 0 Å². The molecule has 0 aliphatic rings. The minimum absolute atomic E-state index is 0.319. The molecule has 0 saturated carbocycles. The third-order valence-corrected chi connectivity index (χ3v) is 4.18. The Bertz CT molecular complexity index is 464. The first-order valence-corrected chi connectivity index (χ1v) is 7.17. The maximum absolute atomic E-state index is 9.32. The van der Waals surface area contributed by atoms with Gasteiger partial charge in [-0.25, -0.2) is 0 Å². The summed E-state index contributed by atoms with van der Waals surface area (Å²) < 4.78 is 0. The highest BCUT2D eigenvalue weighted by Crippen LogP contribution is 2.25. The summed E-state index contributed by atoms with van der Waals surface area (Å²) in [4.78, 5) is 1.35. The molecule has 1 unspecified atom stereocenters. The summed E-state index contributed by atoms with van der Waals surface area (Å²) in [5.41, 5.74) is 1.22. The molecule has 1 heterocycles. The smallest absolute Gasteiger partial charge is 0.115 e. The molecular formula is C15H19NOS. The fourth-order valence-corrected chi connectivity index (χ4v) is 2.82. The van der Waals surface area contributed by atoms with Crippen molar-refractivity contribution in [3.8, 4) is 5.75 Å². The second-order valence-corrected chi connectivity index (χ2v) is 5.44. The van der Waals surface area contributed by atoms with E-state index in [2.05, 4.69) is 36.7 Å². The van der Waals surface area contributed by atoms with Crippen LogP contribution in [0.25, 0.3) is 0 Å². The lowest BCUT2D eigenvalue weighted by Gasteiger charge is -2.22. The standard InChI is InChI=1S/C15H19NOS/c1-3-14(12-6-8-13(17)9-7-12)16-11(2)15-5-4-10-18-15/h4-11,14,16-17H,3H2,1-2H3/t11-,14?/m1/s1. The fourth-order valence-electron chi connectivity index (χ4n) is 2.08. The van der Waals surface area contributed by atoms with E-state index in [1.54, 1.807) is 23.5 Å². The van der Waals surface area contributed by atoms with Crippen LogP contribution in [-0.4, -0.2) is 5.11 Å². The molecule has 0 radical (unpaired) electrons. The predicted octanol–water partition coefficient (Wildman–Crippen LogP) is 4.26. The molecule has 0 fully saturated rings. The minimum atomic E-state index is 0.319. The number of phenolic OH excluding ortho intramolecular Hbond substituents is 1. The molecule has 0 aliphatic carbocycles. The van der Waals surface area contributed by atoms with E-state index in [9.17, 15) is 5.11 Å². The molecule has 18 heavy (non-hydrogen) atoms. The van der Waals surface area contributed by atoms with Crippen molar-refractivity contribution in [2.75, 3.05) is 0 Å². The van der Waals surface area contributed by atoms with Gasteiger partial charge in [0.1, 0.15) is 5.75 Å². The van der Waals surface area contributed by atoms with Gasteiger partial charge >= 0.3 is 0 Å². The quantitative estimate of drug-likeness (QED) is 0.843. The van der Waals surface area contributed by atoms with Gasteiger partial charge in [-0.1, -0.05) is 25.1 Å². The van der Waals surface area contributed by atoms with Gasteiger partial charge in [-0.2, -0.15) is 0 Å². The largest absolute Gasteiger partial charge is 0.508 e. The van der Waals surface area contributed by atoms with Gasteiger partial charge in [0.2, 0.25) is 0 Å². The van der Waals surface area contributed by atoms with E-state index in [0.717, 1.165) is 6.42 Å². The van der Waals surface area contributed by atoms with Crippen LogP contribution < -0.4 is 5.32 Å². The Balaban J connectivity index is 2.07. The lowest BCUT2D eigenvalue weighted by Crippen LogP contribution is -2.23. The van der Waals surface area contributed by atoms with Gasteiger partial charge in [0, 0.05) is 17.0 Å². The number of aromatic hydroxyl groups is 1. The van der Waals surface area contributed by atoms with Crippen LogP contribution in [0, 0.1) is 0 Å². The van der Waals surface area contributed by atoms with Crippen molar-refractivity contribution in [1.82, 2.24) is 5.32 Å². The van der Waals surface area contributed by atoms with Crippen molar-refractivity contribution in [1.29, 1.82) is 0 Å². The Hall–Kier alpha value is -1.32. The zero-order valence-corrected chi connectivity index (χ0v) is 11.6.